The average molecular weight is 733 g/mol. The van der Waals surface area contributed by atoms with Gasteiger partial charge in [-0.05, 0) is 114 Å². The average Bonchev–Trinajstić information content (AvgIpc) is 3.13. The molecule has 0 aliphatic rings. The molecular weight excluding hydrogens is 671 g/mol. The van der Waals surface area contributed by atoms with Crippen molar-refractivity contribution in [2.75, 3.05) is 0 Å². The first-order chi connectivity index (χ1) is 26.7. The Morgan fingerprint density at radius 1 is 0.509 bits per heavy atom. The second-order valence-electron chi connectivity index (χ2n) is 18.8. The lowest BCUT2D eigenvalue weighted by Gasteiger charge is -2.27. The Hall–Kier alpha value is -5.09. The topological polar surface area (TPSA) is 58.9 Å². The van der Waals surface area contributed by atoms with Gasteiger partial charge in [-0.2, -0.15) is 0 Å². The first-order valence-electron chi connectivity index (χ1n) is 20.8. The quantitative estimate of drug-likeness (QED) is 0.185. The second kappa shape index (κ2) is 14.2. The minimum Gasteiger partial charge on any atom is -0.505 e. The zero-order chi connectivity index (χ0) is 42.7. The van der Waals surface area contributed by atoms with Crippen molar-refractivity contribution in [1.29, 1.82) is 0 Å². The van der Waals surface area contributed by atoms with Crippen LogP contribution in [0.5, 0.6) is 5.75 Å². The smallest absolute Gasteiger partial charge is 0.147 e. The molecule has 0 bridgehead atoms. The van der Waals surface area contributed by atoms with Gasteiger partial charge in [0.15, 0.2) is 0 Å². The zero-order valence-electron chi connectivity index (χ0n) is 38.0. The molecule has 4 heteroatoms. The molecule has 6 rings (SSSR count). The van der Waals surface area contributed by atoms with Crippen molar-refractivity contribution in [3.05, 3.63) is 142 Å². The highest BCUT2D eigenvalue weighted by atomic mass is 16.3. The normalized spacial score (nSPS) is 13.7. The molecule has 284 valence electrons. The predicted molar refractivity (Wildman–Crippen MR) is 232 cm³/mol. The first-order valence-corrected chi connectivity index (χ1v) is 19.3. The van der Waals surface area contributed by atoms with Crippen molar-refractivity contribution in [1.82, 2.24) is 15.0 Å². The van der Waals surface area contributed by atoms with E-state index in [4.69, 9.17) is 19.1 Å². The van der Waals surface area contributed by atoms with E-state index in [1.807, 2.05) is 24.3 Å². The minimum atomic E-state index is -2.34. The monoisotopic (exact) mass is 732 g/mol. The summed E-state index contributed by atoms with van der Waals surface area (Å²) in [6.07, 6.45) is 0. The van der Waals surface area contributed by atoms with E-state index in [1.165, 1.54) is 0 Å². The van der Waals surface area contributed by atoms with E-state index in [9.17, 15) is 5.11 Å². The Balaban J connectivity index is 1.68. The summed E-state index contributed by atoms with van der Waals surface area (Å²) in [6.45, 7) is 25.2. The summed E-state index contributed by atoms with van der Waals surface area (Å²) in [5, 5.41) is 12.1. The van der Waals surface area contributed by atoms with Crippen LogP contribution in [0.1, 0.15) is 125 Å². The van der Waals surface area contributed by atoms with Gasteiger partial charge in [0.1, 0.15) is 5.75 Å². The number of benzene rings is 3. The Morgan fingerprint density at radius 2 is 1.11 bits per heavy atom. The van der Waals surface area contributed by atoms with E-state index in [0.29, 0.717) is 28.3 Å². The number of hydrogen-bond acceptors (Lipinski definition) is 4. The number of aromatic hydroxyl groups is 1. The largest absolute Gasteiger partial charge is 0.505 e. The molecule has 6 aromatic rings. The van der Waals surface area contributed by atoms with Crippen LogP contribution in [0.15, 0.2) is 97.1 Å². The number of aromatic nitrogens is 3. The molecule has 0 radical (unpaired) electrons. The highest BCUT2D eigenvalue weighted by Gasteiger charge is 2.29. The van der Waals surface area contributed by atoms with Crippen molar-refractivity contribution in [2.24, 2.45) is 0 Å². The lowest BCUT2D eigenvalue weighted by molar-refractivity contribution is 0.433. The van der Waals surface area contributed by atoms with Crippen LogP contribution in [-0.4, -0.2) is 20.1 Å². The summed E-state index contributed by atoms with van der Waals surface area (Å²) in [7, 11) is 0. The van der Waals surface area contributed by atoms with E-state index in [2.05, 4.69) is 151 Å². The van der Waals surface area contributed by atoms with Crippen molar-refractivity contribution < 1.29 is 9.22 Å². The molecule has 0 aliphatic heterocycles. The maximum absolute atomic E-state index is 12.1. The lowest BCUT2D eigenvalue weighted by Crippen LogP contribution is -2.21. The van der Waals surface area contributed by atoms with Crippen LogP contribution in [0.25, 0.3) is 44.9 Å². The number of rotatable bonds is 6. The number of nitrogens with zero attached hydrogens (tertiary/aromatic N) is 3. The highest BCUT2D eigenvalue weighted by molar-refractivity contribution is 5.83. The minimum absolute atomic E-state index is 0.126. The Bertz CT molecular complexity index is 2480. The van der Waals surface area contributed by atoms with Crippen LogP contribution in [0.2, 0.25) is 0 Å². The molecule has 0 saturated carbocycles. The SMILES string of the molecule is [2H]C([2H])([2H])c1cc(-c2cc(-c3cc(-c4c(C)cccc4C)cc(-c4cc(C(C)(C)C)nc(C(C)(C)C)c4O)n3)cc(C(C)(C)C)c2)nc(C(C)(C)c2ccccc2)c1. The van der Waals surface area contributed by atoms with Crippen LogP contribution in [0.3, 0.4) is 0 Å². The van der Waals surface area contributed by atoms with Gasteiger partial charge in [0, 0.05) is 42.7 Å². The van der Waals surface area contributed by atoms with E-state index in [1.54, 1.807) is 12.1 Å². The molecule has 3 aromatic carbocycles. The Morgan fingerprint density at radius 3 is 1.67 bits per heavy atom. The van der Waals surface area contributed by atoms with Gasteiger partial charge in [-0.25, -0.2) is 4.98 Å². The standard InChI is InChI=1S/C51H59N3O/c1-31-23-40(53-44(24-31)51(13,14)37-21-16-15-17-22-37)34-25-35(27-38(26-34)48(4,5)6)41-28-36(45-32(2)19-18-20-33(45)3)29-42(52-41)39-30-43(49(7,8)9)54-47(46(39)55)50(10,11)12/h15-30,55H,1-14H3/i1D3. The number of pyridine rings is 3. The molecule has 3 heterocycles. The summed E-state index contributed by atoms with van der Waals surface area (Å²) in [5.41, 5.74) is 11.6. The van der Waals surface area contributed by atoms with Crippen molar-refractivity contribution >= 4 is 0 Å². The van der Waals surface area contributed by atoms with Gasteiger partial charge >= 0.3 is 0 Å². The first kappa shape index (κ1) is 35.6. The molecule has 0 fully saturated rings. The zero-order valence-corrected chi connectivity index (χ0v) is 35.0. The fourth-order valence-electron chi connectivity index (χ4n) is 7.23. The van der Waals surface area contributed by atoms with Gasteiger partial charge in [-0.15, -0.1) is 0 Å². The molecule has 0 spiro atoms. The van der Waals surface area contributed by atoms with Gasteiger partial charge in [0.2, 0.25) is 0 Å². The molecule has 0 aliphatic carbocycles. The predicted octanol–water partition coefficient (Wildman–Crippen LogP) is 13.4. The number of aryl methyl sites for hydroxylation is 3. The lowest BCUT2D eigenvalue weighted by atomic mass is 9.80. The molecule has 0 amide bonds. The van der Waals surface area contributed by atoms with E-state index in [0.717, 1.165) is 55.9 Å². The summed E-state index contributed by atoms with van der Waals surface area (Å²) >= 11 is 0. The van der Waals surface area contributed by atoms with E-state index in [-0.39, 0.29) is 22.1 Å². The highest BCUT2D eigenvalue weighted by Crippen LogP contribution is 2.43. The van der Waals surface area contributed by atoms with Crippen LogP contribution in [-0.2, 0) is 21.7 Å². The van der Waals surface area contributed by atoms with Crippen molar-refractivity contribution in [3.63, 3.8) is 0 Å². The second-order valence-corrected chi connectivity index (χ2v) is 18.8. The Kier molecular flexibility index (Phi) is 9.19. The molecule has 4 nitrogen and oxygen atoms in total. The molecule has 0 atom stereocenters. The molecule has 1 N–H and O–H groups in total. The molecule has 55 heavy (non-hydrogen) atoms. The molecular formula is C51H59N3O. The van der Waals surface area contributed by atoms with Gasteiger partial charge in [-0.1, -0.05) is 125 Å². The third-order valence-corrected chi connectivity index (χ3v) is 10.7. The maximum atomic E-state index is 12.1. The maximum Gasteiger partial charge on any atom is 0.147 e. The van der Waals surface area contributed by atoms with Crippen LogP contribution < -0.4 is 0 Å². The molecule has 0 unspecified atom stereocenters. The fourth-order valence-corrected chi connectivity index (χ4v) is 7.23. The van der Waals surface area contributed by atoms with Gasteiger partial charge in [-0.3, -0.25) is 9.97 Å². The van der Waals surface area contributed by atoms with Crippen molar-refractivity contribution in [3.8, 4) is 50.6 Å². The van der Waals surface area contributed by atoms with Crippen molar-refractivity contribution in [2.45, 2.75) is 119 Å². The summed E-state index contributed by atoms with van der Waals surface area (Å²) in [4.78, 5) is 15.6. The fraction of sp³-hybridized carbons (Fsp3) is 0.353. The van der Waals surface area contributed by atoms with Crippen LogP contribution in [0.4, 0.5) is 0 Å². The van der Waals surface area contributed by atoms with E-state index < -0.39 is 17.7 Å². The summed E-state index contributed by atoms with van der Waals surface area (Å²) in [6, 6.07) is 32.5. The third-order valence-electron chi connectivity index (χ3n) is 10.7. The molecule has 0 saturated heterocycles. The van der Waals surface area contributed by atoms with Crippen LogP contribution in [0, 0.1) is 20.7 Å². The van der Waals surface area contributed by atoms with Gasteiger partial charge in [0.05, 0.1) is 28.5 Å². The van der Waals surface area contributed by atoms with Gasteiger partial charge < -0.3 is 5.11 Å². The Labute approximate surface area is 334 Å². The summed E-state index contributed by atoms with van der Waals surface area (Å²) < 4.78 is 25.5. The van der Waals surface area contributed by atoms with E-state index >= 15 is 0 Å². The summed E-state index contributed by atoms with van der Waals surface area (Å²) in [5.74, 6) is 0.126. The number of hydrogen-bond donors (Lipinski definition) is 1. The van der Waals surface area contributed by atoms with Gasteiger partial charge in [0.25, 0.3) is 0 Å². The molecule has 3 aromatic heterocycles. The van der Waals surface area contributed by atoms with Crippen LogP contribution >= 0.6 is 0 Å². The third kappa shape index (κ3) is 8.15.